The maximum Gasteiger partial charge on any atom is 0.258 e. The SMILES string of the molecule is Cc1ccc2c(c1)CCCN2C(=O)c1cccc(-n2ccnc2)c1. The predicted molar refractivity (Wildman–Crippen MR) is 94.7 cm³/mol. The van der Waals surface area contributed by atoms with Crippen molar-refractivity contribution in [3.8, 4) is 5.69 Å². The van der Waals surface area contributed by atoms with Crippen LogP contribution in [0.4, 0.5) is 5.69 Å². The number of rotatable bonds is 2. The van der Waals surface area contributed by atoms with Crippen LogP contribution in [-0.2, 0) is 6.42 Å². The van der Waals surface area contributed by atoms with Gasteiger partial charge in [-0.2, -0.15) is 0 Å². The standard InChI is InChI=1S/C20H19N3O/c1-15-7-8-19-16(12-15)5-3-10-23(19)20(24)17-4-2-6-18(13-17)22-11-9-21-14-22/h2,4,6-9,11-14H,3,5,10H2,1H3. The number of amides is 1. The average molecular weight is 317 g/mol. The fourth-order valence-corrected chi connectivity index (χ4v) is 3.30. The number of imidazole rings is 1. The Kier molecular flexibility index (Phi) is 3.65. The number of hydrogen-bond acceptors (Lipinski definition) is 2. The third-order valence-electron chi connectivity index (χ3n) is 4.49. The van der Waals surface area contributed by atoms with Gasteiger partial charge >= 0.3 is 0 Å². The lowest BCUT2D eigenvalue weighted by Gasteiger charge is -2.30. The molecule has 0 N–H and O–H groups in total. The Balaban J connectivity index is 1.69. The van der Waals surface area contributed by atoms with Gasteiger partial charge in [0, 0.05) is 35.9 Å². The van der Waals surface area contributed by atoms with Gasteiger partial charge < -0.3 is 9.47 Å². The lowest BCUT2D eigenvalue weighted by atomic mass is 9.99. The molecule has 0 unspecified atom stereocenters. The highest BCUT2D eigenvalue weighted by Gasteiger charge is 2.23. The predicted octanol–water partition coefficient (Wildman–Crippen LogP) is 3.77. The van der Waals surface area contributed by atoms with Gasteiger partial charge in [-0.1, -0.05) is 23.8 Å². The van der Waals surface area contributed by atoms with Crippen molar-refractivity contribution in [1.82, 2.24) is 9.55 Å². The van der Waals surface area contributed by atoms with E-state index in [4.69, 9.17) is 0 Å². The van der Waals surface area contributed by atoms with E-state index in [1.165, 1.54) is 11.1 Å². The Morgan fingerprint density at radius 2 is 2.08 bits per heavy atom. The molecular weight excluding hydrogens is 298 g/mol. The number of fused-ring (bicyclic) bond motifs is 1. The van der Waals surface area contributed by atoms with Crippen LogP contribution in [0.5, 0.6) is 0 Å². The molecule has 1 aliphatic heterocycles. The Hall–Kier alpha value is -2.88. The number of aryl methyl sites for hydroxylation is 2. The van der Waals surface area contributed by atoms with Crippen LogP contribution in [-0.4, -0.2) is 22.0 Å². The molecule has 0 bridgehead atoms. The smallest absolute Gasteiger partial charge is 0.258 e. The number of benzene rings is 2. The van der Waals surface area contributed by atoms with Gasteiger partial charge in [-0.05, 0) is 49.6 Å². The van der Waals surface area contributed by atoms with Gasteiger partial charge in [-0.25, -0.2) is 4.98 Å². The van der Waals surface area contributed by atoms with Crippen LogP contribution in [0.15, 0.2) is 61.2 Å². The number of carbonyl (C=O) groups excluding carboxylic acids is 1. The molecule has 0 spiro atoms. The van der Waals surface area contributed by atoms with E-state index in [1.54, 1.807) is 12.5 Å². The summed E-state index contributed by atoms with van der Waals surface area (Å²) < 4.78 is 1.91. The van der Waals surface area contributed by atoms with E-state index < -0.39 is 0 Å². The van der Waals surface area contributed by atoms with E-state index in [-0.39, 0.29) is 5.91 Å². The molecule has 1 amide bonds. The largest absolute Gasteiger partial charge is 0.308 e. The first-order valence-electron chi connectivity index (χ1n) is 8.22. The highest BCUT2D eigenvalue weighted by atomic mass is 16.2. The van der Waals surface area contributed by atoms with E-state index in [1.807, 2.05) is 39.9 Å². The van der Waals surface area contributed by atoms with Crippen molar-refractivity contribution < 1.29 is 4.79 Å². The van der Waals surface area contributed by atoms with Gasteiger partial charge in [-0.3, -0.25) is 4.79 Å². The van der Waals surface area contributed by atoms with Crippen molar-refractivity contribution >= 4 is 11.6 Å². The third kappa shape index (κ3) is 2.60. The molecule has 4 rings (SSSR count). The minimum atomic E-state index is 0.0572. The van der Waals surface area contributed by atoms with Crippen LogP contribution in [0.25, 0.3) is 5.69 Å². The van der Waals surface area contributed by atoms with E-state index >= 15 is 0 Å². The summed E-state index contributed by atoms with van der Waals surface area (Å²) >= 11 is 0. The summed E-state index contributed by atoms with van der Waals surface area (Å²) in [5.41, 5.74) is 5.20. The zero-order valence-corrected chi connectivity index (χ0v) is 13.6. The van der Waals surface area contributed by atoms with Crippen LogP contribution in [0.3, 0.4) is 0 Å². The molecule has 0 aliphatic carbocycles. The minimum absolute atomic E-state index is 0.0572. The summed E-state index contributed by atoms with van der Waals surface area (Å²) in [6.07, 6.45) is 7.39. The Morgan fingerprint density at radius 3 is 2.92 bits per heavy atom. The number of nitrogens with zero attached hydrogens (tertiary/aromatic N) is 3. The lowest BCUT2D eigenvalue weighted by Crippen LogP contribution is -2.35. The van der Waals surface area contributed by atoms with Crippen LogP contribution >= 0.6 is 0 Å². The van der Waals surface area contributed by atoms with Crippen molar-refractivity contribution in [2.24, 2.45) is 0 Å². The highest BCUT2D eigenvalue weighted by molar-refractivity contribution is 6.07. The van der Waals surface area contributed by atoms with Crippen molar-refractivity contribution in [3.63, 3.8) is 0 Å². The molecule has 1 aromatic heterocycles. The Morgan fingerprint density at radius 1 is 1.17 bits per heavy atom. The summed E-state index contributed by atoms with van der Waals surface area (Å²) in [6.45, 7) is 2.86. The lowest BCUT2D eigenvalue weighted by molar-refractivity contribution is 0.0985. The van der Waals surface area contributed by atoms with E-state index in [0.29, 0.717) is 5.56 Å². The third-order valence-corrected chi connectivity index (χ3v) is 4.49. The van der Waals surface area contributed by atoms with Crippen molar-refractivity contribution in [2.75, 3.05) is 11.4 Å². The first-order valence-corrected chi connectivity index (χ1v) is 8.22. The van der Waals surface area contributed by atoms with Gasteiger partial charge in [-0.15, -0.1) is 0 Å². The zero-order chi connectivity index (χ0) is 16.5. The van der Waals surface area contributed by atoms with Gasteiger partial charge in [0.2, 0.25) is 0 Å². The number of aromatic nitrogens is 2. The Labute approximate surface area is 141 Å². The number of anilines is 1. The number of hydrogen-bond donors (Lipinski definition) is 0. The van der Waals surface area contributed by atoms with E-state index in [2.05, 4.69) is 30.1 Å². The molecular formula is C20H19N3O. The maximum atomic E-state index is 13.1. The summed E-state index contributed by atoms with van der Waals surface area (Å²) in [4.78, 5) is 19.0. The molecule has 24 heavy (non-hydrogen) atoms. The second-order valence-corrected chi connectivity index (χ2v) is 6.21. The Bertz CT molecular complexity index is 884. The fourth-order valence-electron chi connectivity index (χ4n) is 3.30. The highest BCUT2D eigenvalue weighted by Crippen LogP contribution is 2.29. The normalized spacial score (nSPS) is 13.6. The molecule has 120 valence electrons. The van der Waals surface area contributed by atoms with Crippen molar-refractivity contribution in [2.45, 2.75) is 19.8 Å². The van der Waals surface area contributed by atoms with Gasteiger partial charge in [0.1, 0.15) is 0 Å². The second kappa shape index (κ2) is 5.96. The topological polar surface area (TPSA) is 38.1 Å². The molecule has 3 aromatic rings. The average Bonchev–Trinajstić information content (AvgIpc) is 3.15. The van der Waals surface area contributed by atoms with Crippen LogP contribution in [0.1, 0.15) is 27.9 Å². The summed E-state index contributed by atoms with van der Waals surface area (Å²) in [6, 6.07) is 14.0. The zero-order valence-electron chi connectivity index (χ0n) is 13.6. The van der Waals surface area contributed by atoms with Gasteiger partial charge in [0.05, 0.1) is 6.33 Å². The summed E-state index contributed by atoms with van der Waals surface area (Å²) in [7, 11) is 0. The molecule has 0 atom stereocenters. The summed E-state index contributed by atoms with van der Waals surface area (Å²) in [5, 5.41) is 0. The maximum absolute atomic E-state index is 13.1. The van der Waals surface area contributed by atoms with E-state index in [9.17, 15) is 4.79 Å². The summed E-state index contributed by atoms with van der Waals surface area (Å²) in [5.74, 6) is 0.0572. The monoisotopic (exact) mass is 317 g/mol. The molecule has 4 heteroatoms. The van der Waals surface area contributed by atoms with Gasteiger partial charge in [0.25, 0.3) is 5.91 Å². The minimum Gasteiger partial charge on any atom is -0.308 e. The first kappa shape index (κ1) is 14.7. The van der Waals surface area contributed by atoms with Gasteiger partial charge in [0.15, 0.2) is 0 Å². The molecule has 1 aliphatic rings. The van der Waals surface area contributed by atoms with Crippen molar-refractivity contribution in [3.05, 3.63) is 77.9 Å². The molecule has 0 fully saturated rings. The van der Waals surface area contributed by atoms with Crippen LogP contribution in [0.2, 0.25) is 0 Å². The van der Waals surface area contributed by atoms with Crippen molar-refractivity contribution in [1.29, 1.82) is 0 Å². The molecule has 0 radical (unpaired) electrons. The number of carbonyl (C=O) groups is 1. The van der Waals surface area contributed by atoms with Crippen LogP contribution < -0.4 is 4.90 Å². The van der Waals surface area contributed by atoms with E-state index in [0.717, 1.165) is 30.8 Å². The fraction of sp³-hybridized carbons (Fsp3) is 0.200. The molecule has 2 aromatic carbocycles. The first-order chi connectivity index (χ1) is 11.7. The molecule has 0 saturated carbocycles. The van der Waals surface area contributed by atoms with Crippen LogP contribution in [0, 0.1) is 6.92 Å². The quantitative estimate of drug-likeness (QED) is 0.721. The molecule has 2 heterocycles. The molecule has 0 saturated heterocycles. The second-order valence-electron chi connectivity index (χ2n) is 6.21. The molecule has 4 nitrogen and oxygen atoms in total.